The van der Waals surface area contributed by atoms with Crippen LogP contribution in [0.4, 0.5) is 0 Å². The third kappa shape index (κ3) is 2.89. The molecule has 0 spiro atoms. The Morgan fingerprint density at radius 3 is 1.91 bits per heavy atom. The highest BCUT2D eigenvalue weighted by Gasteiger charge is 2.61. The highest BCUT2D eigenvalue weighted by molar-refractivity contribution is 9.10. The van der Waals surface area contributed by atoms with Crippen molar-refractivity contribution in [3.63, 3.8) is 0 Å². The van der Waals surface area contributed by atoms with Crippen molar-refractivity contribution in [3.05, 3.63) is 93.0 Å². The molecular formula is C27H21BrN2O4. The minimum atomic E-state index is -0.468. The fourth-order valence-electron chi connectivity index (χ4n) is 5.83. The number of carbonyl (C=O) groups is 2. The number of nitrogens with zero attached hydrogens (tertiary/aromatic N) is 2. The predicted octanol–water partition coefficient (Wildman–Crippen LogP) is 4.78. The summed E-state index contributed by atoms with van der Waals surface area (Å²) in [5.41, 5.74) is 5.11. The maximum atomic E-state index is 13.6. The number of benzene rings is 3. The molecule has 2 bridgehead atoms. The highest BCUT2D eigenvalue weighted by atomic mass is 79.9. The van der Waals surface area contributed by atoms with Crippen LogP contribution in [0.25, 0.3) is 0 Å². The van der Waals surface area contributed by atoms with Gasteiger partial charge in [-0.1, -0.05) is 48.5 Å². The number of phenols is 1. The summed E-state index contributed by atoms with van der Waals surface area (Å²) < 4.78 is 5.91. The van der Waals surface area contributed by atoms with Gasteiger partial charge in [-0.2, -0.15) is 10.1 Å². The van der Waals surface area contributed by atoms with Crippen molar-refractivity contribution in [2.45, 2.75) is 18.8 Å². The normalized spacial score (nSPS) is 24.4. The number of halogens is 1. The van der Waals surface area contributed by atoms with Crippen molar-refractivity contribution in [3.8, 4) is 11.5 Å². The number of hydrogen-bond acceptors (Lipinski definition) is 5. The van der Waals surface area contributed by atoms with Gasteiger partial charge in [0.2, 0.25) is 0 Å². The molecule has 3 aromatic carbocycles. The van der Waals surface area contributed by atoms with E-state index >= 15 is 0 Å². The molecule has 3 aliphatic carbocycles. The average Bonchev–Trinajstić information content (AvgIpc) is 3.11. The van der Waals surface area contributed by atoms with E-state index < -0.39 is 11.8 Å². The van der Waals surface area contributed by atoms with E-state index in [9.17, 15) is 14.7 Å². The molecule has 0 aromatic heterocycles. The van der Waals surface area contributed by atoms with E-state index in [1.54, 1.807) is 12.1 Å². The Bertz CT molecular complexity index is 1270. The van der Waals surface area contributed by atoms with Gasteiger partial charge in [-0.05, 0) is 62.8 Å². The molecule has 3 aromatic rings. The van der Waals surface area contributed by atoms with Crippen LogP contribution < -0.4 is 4.74 Å². The molecule has 6 nitrogen and oxygen atoms in total. The first kappa shape index (κ1) is 21.1. The molecule has 170 valence electrons. The summed E-state index contributed by atoms with van der Waals surface area (Å²) >= 11 is 3.31. The molecule has 1 fully saturated rings. The van der Waals surface area contributed by atoms with Gasteiger partial charge in [0.15, 0.2) is 11.5 Å². The highest BCUT2D eigenvalue weighted by Crippen LogP contribution is 2.60. The van der Waals surface area contributed by atoms with Gasteiger partial charge in [-0.3, -0.25) is 9.59 Å². The second-order valence-electron chi connectivity index (χ2n) is 8.78. The lowest BCUT2D eigenvalue weighted by molar-refractivity contribution is -0.139. The molecule has 1 saturated heterocycles. The van der Waals surface area contributed by atoms with Crippen LogP contribution in [0.15, 0.2) is 70.2 Å². The van der Waals surface area contributed by atoms with E-state index in [0.29, 0.717) is 22.4 Å². The second kappa shape index (κ2) is 7.81. The smallest absolute Gasteiger partial charge is 0.254 e. The van der Waals surface area contributed by atoms with Crippen LogP contribution in [0.1, 0.15) is 46.6 Å². The van der Waals surface area contributed by atoms with Gasteiger partial charge in [-0.25, -0.2) is 0 Å². The van der Waals surface area contributed by atoms with E-state index in [4.69, 9.17) is 4.74 Å². The maximum Gasteiger partial charge on any atom is 0.254 e. The Hall–Kier alpha value is -3.45. The molecule has 1 aliphatic heterocycles. The lowest BCUT2D eigenvalue weighted by atomic mass is 9.55. The molecule has 1 heterocycles. The zero-order valence-electron chi connectivity index (χ0n) is 18.3. The molecule has 7 rings (SSSR count). The van der Waals surface area contributed by atoms with Crippen LogP contribution in [0.2, 0.25) is 0 Å². The fourth-order valence-corrected chi connectivity index (χ4v) is 6.29. The molecular weight excluding hydrogens is 496 g/mol. The Kier molecular flexibility index (Phi) is 4.85. The molecule has 0 saturated carbocycles. The van der Waals surface area contributed by atoms with Crippen molar-refractivity contribution >= 4 is 34.0 Å². The van der Waals surface area contributed by atoms with E-state index in [2.05, 4.69) is 45.3 Å². The summed E-state index contributed by atoms with van der Waals surface area (Å²) in [5.74, 6) is -1.51. The van der Waals surface area contributed by atoms with Gasteiger partial charge < -0.3 is 9.84 Å². The summed E-state index contributed by atoms with van der Waals surface area (Å²) in [6.07, 6.45) is 1.46. The summed E-state index contributed by atoms with van der Waals surface area (Å²) in [5, 5.41) is 15.5. The second-order valence-corrected chi connectivity index (χ2v) is 9.63. The number of amides is 2. The van der Waals surface area contributed by atoms with Gasteiger partial charge in [-0.15, -0.1) is 0 Å². The summed E-state index contributed by atoms with van der Waals surface area (Å²) in [7, 11) is 0. The zero-order chi connectivity index (χ0) is 23.6. The molecule has 0 radical (unpaired) electrons. The van der Waals surface area contributed by atoms with Gasteiger partial charge in [0.1, 0.15) is 0 Å². The van der Waals surface area contributed by atoms with E-state index in [1.165, 1.54) is 6.21 Å². The maximum absolute atomic E-state index is 13.6. The molecule has 4 aliphatic rings. The first-order valence-corrected chi connectivity index (χ1v) is 12.0. The number of phenolic OH excluding ortho intramolecular Hbond substituents is 1. The predicted molar refractivity (Wildman–Crippen MR) is 130 cm³/mol. The number of ether oxygens (including phenoxy) is 1. The fraction of sp³-hybridized carbons (Fsp3) is 0.222. The number of imide groups is 1. The van der Waals surface area contributed by atoms with E-state index in [0.717, 1.165) is 27.3 Å². The van der Waals surface area contributed by atoms with Gasteiger partial charge in [0.05, 0.1) is 29.1 Å². The molecule has 7 heteroatoms. The monoisotopic (exact) mass is 516 g/mol. The van der Waals surface area contributed by atoms with Crippen molar-refractivity contribution in [1.29, 1.82) is 0 Å². The Balaban J connectivity index is 1.40. The lowest BCUT2D eigenvalue weighted by Gasteiger charge is -2.45. The van der Waals surface area contributed by atoms with Gasteiger partial charge in [0.25, 0.3) is 11.8 Å². The number of rotatable bonds is 4. The lowest BCUT2D eigenvalue weighted by Crippen LogP contribution is -2.41. The van der Waals surface area contributed by atoms with Crippen LogP contribution in [0.5, 0.6) is 11.5 Å². The minimum absolute atomic E-state index is 0.00884. The number of carbonyl (C=O) groups excluding carboxylic acids is 2. The van der Waals surface area contributed by atoms with Crippen LogP contribution in [0, 0.1) is 11.8 Å². The average molecular weight is 517 g/mol. The molecule has 34 heavy (non-hydrogen) atoms. The van der Waals surface area contributed by atoms with Crippen molar-refractivity contribution in [2.24, 2.45) is 16.9 Å². The standard InChI is InChI=1S/C27H21BrN2O4/c1-2-34-20-12-14(11-19(28)25(20)31)13-29-30-26(32)23-21-15-7-3-4-8-16(15)22(24(23)27(30)33)18-10-6-5-9-17(18)21/h3-13,21-24,31H,2H2,1H3/b29-13-/t21?,22?,23-,24-/m1/s1. The minimum Gasteiger partial charge on any atom is -0.503 e. The SMILES string of the molecule is CCOc1cc(/C=N\N2C(=O)[C@@H]3C4c5ccccc5C(c5ccccc54)[C@H]3C2=O)cc(Br)c1O. The molecule has 2 amide bonds. The van der Waals surface area contributed by atoms with Gasteiger partial charge in [0, 0.05) is 11.8 Å². The number of hydrazone groups is 1. The molecule has 0 unspecified atom stereocenters. The zero-order valence-corrected chi connectivity index (χ0v) is 19.9. The number of aromatic hydroxyl groups is 1. The first-order chi connectivity index (χ1) is 16.5. The quantitative estimate of drug-likeness (QED) is 0.399. The first-order valence-electron chi connectivity index (χ1n) is 11.3. The van der Waals surface area contributed by atoms with E-state index in [1.807, 2.05) is 31.2 Å². The largest absolute Gasteiger partial charge is 0.503 e. The van der Waals surface area contributed by atoms with E-state index in [-0.39, 0.29) is 29.4 Å². The Morgan fingerprint density at radius 2 is 1.44 bits per heavy atom. The third-order valence-corrected chi connectivity index (χ3v) is 7.70. The van der Waals surface area contributed by atoms with Crippen molar-refractivity contribution in [1.82, 2.24) is 5.01 Å². The van der Waals surface area contributed by atoms with Crippen LogP contribution in [-0.4, -0.2) is 34.8 Å². The van der Waals surface area contributed by atoms with Crippen LogP contribution in [0.3, 0.4) is 0 Å². The van der Waals surface area contributed by atoms with Crippen LogP contribution >= 0.6 is 15.9 Å². The summed E-state index contributed by atoms with van der Waals surface area (Å²) in [6, 6.07) is 19.6. The molecule has 2 atom stereocenters. The van der Waals surface area contributed by atoms with Crippen molar-refractivity contribution in [2.75, 3.05) is 6.61 Å². The van der Waals surface area contributed by atoms with Crippen LogP contribution in [-0.2, 0) is 9.59 Å². The summed E-state index contributed by atoms with van der Waals surface area (Å²) in [4.78, 5) is 27.2. The topological polar surface area (TPSA) is 79.2 Å². The Morgan fingerprint density at radius 1 is 0.941 bits per heavy atom. The van der Waals surface area contributed by atoms with Crippen molar-refractivity contribution < 1.29 is 19.4 Å². The Labute approximate surface area is 205 Å². The van der Waals surface area contributed by atoms with Gasteiger partial charge >= 0.3 is 0 Å². The molecule has 1 N–H and O–H groups in total. The summed E-state index contributed by atoms with van der Waals surface area (Å²) in [6.45, 7) is 2.21. The third-order valence-electron chi connectivity index (χ3n) is 7.10. The number of hydrogen-bond donors (Lipinski definition) is 1.